The monoisotopic (exact) mass is 513 g/mol. The highest BCUT2D eigenvalue weighted by Crippen LogP contribution is 2.38. The van der Waals surface area contributed by atoms with Gasteiger partial charge in [-0.25, -0.2) is 0 Å². The molecule has 0 aliphatic carbocycles. The van der Waals surface area contributed by atoms with Gasteiger partial charge in [0.1, 0.15) is 6.61 Å². The van der Waals surface area contributed by atoms with Crippen LogP contribution in [0.3, 0.4) is 0 Å². The number of hydrogen-bond acceptors (Lipinski definition) is 3. The molecule has 1 atom stereocenters. The maximum atomic E-state index is 12.2. The summed E-state index contributed by atoms with van der Waals surface area (Å²) in [5.74, 6) is 0.845. The van der Waals surface area contributed by atoms with Gasteiger partial charge in [-0.3, -0.25) is 4.99 Å². The summed E-state index contributed by atoms with van der Waals surface area (Å²) in [4.78, 5) is 6.63. The quantitative estimate of drug-likeness (QED) is 0.372. The third-order valence-electron chi connectivity index (χ3n) is 5.11. The minimum Gasteiger partial charge on any atom is -0.381 e. The van der Waals surface area contributed by atoms with Crippen molar-refractivity contribution in [1.29, 1.82) is 0 Å². The Morgan fingerprint density at radius 3 is 2.79 bits per heavy atom. The summed E-state index contributed by atoms with van der Waals surface area (Å²) in [7, 11) is 1.76. The number of guanidine groups is 1. The van der Waals surface area contributed by atoms with E-state index in [1.807, 2.05) is 18.2 Å². The normalized spacial score (nSPS) is 22.6. The van der Waals surface area contributed by atoms with Crippen molar-refractivity contribution in [3.8, 4) is 0 Å². The molecular weight excluding hydrogens is 486 g/mol. The molecule has 1 aromatic carbocycles. The average Bonchev–Trinajstić information content (AvgIpc) is 3.25. The van der Waals surface area contributed by atoms with E-state index in [-0.39, 0.29) is 36.0 Å². The van der Waals surface area contributed by atoms with Crippen LogP contribution in [0.2, 0.25) is 0 Å². The molecule has 2 aliphatic rings. The van der Waals surface area contributed by atoms with Crippen molar-refractivity contribution in [2.75, 3.05) is 40.0 Å². The molecule has 3 rings (SSSR count). The average molecular weight is 513 g/mol. The molecule has 158 valence electrons. The molecular formula is C19H27F3IN3O2. The van der Waals surface area contributed by atoms with Gasteiger partial charge in [-0.15, -0.1) is 24.0 Å². The standard InChI is InChI=1S/C19H26F3N3O2.HI/c1-23-17(25-7-5-18(12-25)6-8-26-13-18)24-10-15-3-2-4-16(9-15)11-27-14-19(20,21)22;/h2-4,9H,5-8,10-14H2,1H3,(H,23,24);1H. The van der Waals surface area contributed by atoms with E-state index in [1.165, 1.54) is 0 Å². The fourth-order valence-electron chi connectivity index (χ4n) is 3.71. The van der Waals surface area contributed by atoms with Crippen LogP contribution >= 0.6 is 24.0 Å². The number of ether oxygens (including phenoxy) is 2. The summed E-state index contributed by atoms with van der Waals surface area (Å²) in [5.41, 5.74) is 1.95. The number of aliphatic imine (C=N–C) groups is 1. The van der Waals surface area contributed by atoms with E-state index in [0.29, 0.717) is 6.54 Å². The highest BCUT2D eigenvalue weighted by Gasteiger charge is 2.42. The summed E-state index contributed by atoms with van der Waals surface area (Å²) < 4.78 is 46.9. The Kier molecular flexibility index (Phi) is 8.38. The third-order valence-corrected chi connectivity index (χ3v) is 5.11. The molecule has 2 saturated heterocycles. The first-order valence-corrected chi connectivity index (χ1v) is 9.15. The van der Waals surface area contributed by atoms with Crippen LogP contribution < -0.4 is 5.32 Å². The summed E-state index contributed by atoms with van der Waals surface area (Å²) in [6.45, 7) is 2.81. The molecule has 2 fully saturated rings. The van der Waals surface area contributed by atoms with Crippen molar-refractivity contribution in [2.24, 2.45) is 10.4 Å². The summed E-state index contributed by atoms with van der Waals surface area (Å²) in [5, 5.41) is 3.36. The fraction of sp³-hybridized carbons (Fsp3) is 0.632. The Morgan fingerprint density at radius 2 is 2.11 bits per heavy atom. The smallest absolute Gasteiger partial charge is 0.381 e. The van der Waals surface area contributed by atoms with Crippen molar-refractivity contribution in [1.82, 2.24) is 10.2 Å². The number of likely N-dealkylation sites (tertiary alicyclic amines) is 1. The van der Waals surface area contributed by atoms with Crippen molar-refractivity contribution in [3.63, 3.8) is 0 Å². The molecule has 2 aliphatic heterocycles. The van der Waals surface area contributed by atoms with E-state index in [1.54, 1.807) is 13.1 Å². The van der Waals surface area contributed by atoms with E-state index in [9.17, 15) is 13.2 Å². The number of hydrogen-bond donors (Lipinski definition) is 1. The largest absolute Gasteiger partial charge is 0.411 e. The van der Waals surface area contributed by atoms with Crippen LogP contribution in [-0.4, -0.2) is 57.0 Å². The number of alkyl halides is 3. The predicted molar refractivity (Wildman–Crippen MR) is 112 cm³/mol. The lowest BCUT2D eigenvalue weighted by molar-refractivity contribution is -0.176. The topological polar surface area (TPSA) is 46.1 Å². The summed E-state index contributed by atoms with van der Waals surface area (Å²) in [6, 6.07) is 7.38. The van der Waals surface area contributed by atoms with Crippen LogP contribution in [0.1, 0.15) is 24.0 Å². The molecule has 28 heavy (non-hydrogen) atoms. The lowest BCUT2D eigenvalue weighted by Crippen LogP contribution is -2.41. The van der Waals surface area contributed by atoms with Crippen molar-refractivity contribution < 1.29 is 22.6 Å². The Morgan fingerprint density at radius 1 is 1.32 bits per heavy atom. The lowest BCUT2D eigenvalue weighted by Gasteiger charge is -2.25. The van der Waals surface area contributed by atoms with E-state index in [2.05, 4.69) is 15.2 Å². The first kappa shape index (κ1) is 23.2. The van der Waals surface area contributed by atoms with Gasteiger partial charge in [0.2, 0.25) is 0 Å². The molecule has 1 aromatic rings. The Labute approximate surface area is 180 Å². The highest BCUT2D eigenvalue weighted by atomic mass is 127. The van der Waals surface area contributed by atoms with Gasteiger partial charge in [-0.2, -0.15) is 13.2 Å². The van der Waals surface area contributed by atoms with Crippen LogP contribution in [0.4, 0.5) is 13.2 Å². The fourth-order valence-corrected chi connectivity index (χ4v) is 3.71. The first-order valence-electron chi connectivity index (χ1n) is 9.15. The molecule has 0 saturated carbocycles. The van der Waals surface area contributed by atoms with Gasteiger partial charge in [0.25, 0.3) is 0 Å². The van der Waals surface area contributed by atoms with E-state index in [4.69, 9.17) is 9.47 Å². The minimum atomic E-state index is -4.30. The van der Waals surface area contributed by atoms with Gasteiger partial charge >= 0.3 is 6.18 Å². The SMILES string of the molecule is CN=C(NCc1cccc(COCC(F)(F)F)c1)N1CCC2(CCOC2)C1.I. The molecule has 0 aromatic heterocycles. The predicted octanol–water partition coefficient (Wildman–Crippen LogP) is 3.57. The van der Waals surface area contributed by atoms with E-state index >= 15 is 0 Å². The Hall–Kier alpha value is -1.07. The number of halogens is 4. The van der Waals surface area contributed by atoms with E-state index in [0.717, 1.165) is 56.2 Å². The summed E-state index contributed by atoms with van der Waals surface area (Å²) in [6.07, 6.45) is -2.09. The highest BCUT2D eigenvalue weighted by molar-refractivity contribution is 14.0. The number of benzene rings is 1. The zero-order chi connectivity index (χ0) is 19.3. The van der Waals surface area contributed by atoms with Crippen molar-refractivity contribution >= 4 is 29.9 Å². The van der Waals surface area contributed by atoms with Gasteiger partial charge in [0.05, 0.1) is 13.2 Å². The number of rotatable bonds is 5. The molecule has 9 heteroatoms. The second-order valence-electron chi connectivity index (χ2n) is 7.30. The van der Waals surface area contributed by atoms with Crippen LogP contribution in [0.15, 0.2) is 29.3 Å². The molecule has 0 amide bonds. The molecule has 5 nitrogen and oxygen atoms in total. The maximum Gasteiger partial charge on any atom is 0.411 e. The van der Waals surface area contributed by atoms with Gasteiger partial charge in [0.15, 0.2) is 5.96 Å². The second-order valence-corrected chi connectivity index (χ2v) is 7.30. The van der Waals surface area contributed by atoms with Crippen LogP contribution in [0, 0.1) is 5.41 Å². The molecule has 1 unspecified atom stereocenters. The van der Waals surface area contributed by atoms with Gasteiger partial charge in [-0.1, -0.05) is 24.3 Å². The van der Waals surface area contributed by atoms with Crippen molar-refractivity contribution in [3.05, 3.63) is 35.4 Å². The maximum absolute atomic E-state index is 12.2. The van der Waals surface area contributed by atoms with Gasteiger partial charge in [0, 0.05) is 38.7 Å². The zero-order valence-electron chi connectivity index (χ0n) is 15.9. The molecule has 0 radical (unpaired) electrons. The molecule has 0 bridgehead atoms. The zero-order valence-corrected chi connectivity index (χ0v) is 18.3. The van der Waals surface area contributed by atoms with Crippen LogP contribution in [-0.2, 0) is 22.6 Å². The van der Waals surface area contributed by atoms with Crippen molar-refractivity contribution in [2.45, 2.75) is 32.2 Å². The molecule has 1 spiro atoms. The van der Waals surface area contributed by atoms with Crippen LogP contribution in [0.5, 0.6) is 0 Å². The number of nitrogens with one attached hydrogen (secondary N) is 1. The molecule has 1 N–H and O–H groups in total. The minimum absolute atomic E-state index is 0. The van der Waals surface area contributed by atoms with E-state index < -0.39 is 12.8 Å². The summed E-state index contributed by atoms with van der Waals surface area (Å²) >= 11 is 0. The lowest BCUT2D eigenvalue weighted by atomic mass is 9.87. The Bertz CT molecular complexity index is 664. The van der Waals surface area contributed by atoms with Gasteiger partial charge < -0.3 is 19.7 Å². The first-order chi connectivity index (χ1) is 12.9. The van der Waals surface area contributed by atoms with Gasteiger partial charge in [-0.05, 0) is 24.0 Å². The number of nitrogens with zero attached hydrogens (tertiary/aromatic N) is 2. The van der Waals surface area contributed by atoms with Crippen LogP contribution in [0.25, 0.3) is 0 Å². The third kappa shape index (κ3) is 6.48. The second kappa shape index (κ2) is 10.1. The molecule has 2 heterocycles. The Balaban J connectivity index is 0.00000280.